The van der Waals surface area contributed by atoms with Crippen LogP contribution in [-0.2, 0) is 0 Å². The van der Waals surface area contributed by atoms with E-state index in [2.05, 4.69) is 15.6 Å². The molecule has 0 aliphatic heterocycles. The summed E-state index contributed by atoms with van der Waals surface area (Å²) in [5.74, 6) is 0.436. The van der Waals surface area contributed by atoms with Gasteiger partial charge in [-0.15, -0.1) is 0 Å². The summed E-state index contributed by atoms with van der Waals surface area (Å²) in [6.07, 6.45) is 1.59. The van der Waals surface area contributed by atoms with Crippen molar-refractivity contribution in [3.63, 3.8) is 0 Å². The van der Waals surface area contributed by atoms with Crippen LogP contribution in [0.3, 0.4) is 0 Å². The minimum absolute atomic E-state index is 0.290. The second kappa shape index (κ2) is 7.89. The zero-order valence-corrected chi connectivity index (χ0v) is 15.2. The molecule has 0 spiro atoms. The topological polar surface area (TPSA) is 63.2 Å². The molecule has 0 unspecified atom stereocenters. The number of pyridine rings is 1. The number of methoxy groups -OCH3 is 1. The number of halogens is 1. The first kappa shape index (κ1) is 17.8. The minimum Gasteiger partial charge on any atom is -0.497 e. The molecule has 0 aliphatic carbocycles. The average molecular weight is 368 g/mol. The van der Waals surface area contributed by atoms with Crippen molar-refractivity contribution in [1.29, 1.82) is 0 Å². The summed E-state index contributed by atoms with van der Waals surface area (Å²) in [5.41, 5.74) is 3.66. The molecule has 5 nitrogen and oxygen atoms in total. The molecule has 0 aliphatic rings. The summed E-state index contributed by atoms with van der Waals surface area (Å²) in [6, 6.07) is 16.2. The first-order valence-corrected chi connectivity index (χ1v) is 8.37. The lowest BCUT2D eigenvalue weighted by molar-refractivity contribution is 0.102. The zero-order chi connectivity index (χ0) is 18.5. The molecular weight excluding hydrogens is 350 g/mol. The van der Waals surface area contributed by atoms with Crippen LogP contribution in [0.1, 0.15) is 16.1 Å². The van der Waals surface area contributed by atoms with Crippen LogP contribution in [0.5, 0.6) is 5.75 Å². The lowest BCUT2D eigenvalue weighted by Gasteiger charge is -2.11. The third-order valence-electron chi connectivity index (χ3n) is 3.82. The SMILES string of the molecule is COc1ccc(NC(=O)c2cc(Nc3cc(Cl)ccc3C)ccn2)cc1. The predicted octanol–water partition coefficient (Wildman–Crippen LogP) is 5.05. The number of rotatable bonds is 5. The fourth-order valence-electron chi connectivity index (χ4n) is 2.39. The van der Waals surface area contributed by atoms with Crippen LogP contribution >= 0.6 is 11.6 Å². The third kappa shape index (κ3) is 4.32. The number of nitrogens with zero attached hydrogens (tertiary/aromatic N) is 1. The highest BCUT2D eigenvalue weighted by Gasteiger charge is 2.09. The van der Waals surface area contributed by atoms with Gasteiger partial charge in [-0.1, -0.05) is 17.7 Å². The monoisotopic (exact) mass is 367 g/mol. The summed E-state index contributed by atoms with van der Waals surface area (Å²) >= 11 is 6.05. The van der Waals surface area contributed by atoms with Gasteiger partial charge in [-0.3, -0.25) is 9.78 Å². The van der Waals surface area contributed by atoms with E-state index in [1.165, 1.54) is 0 Å². The Bertz CT molecular complexity index is 927. The Labute approximate surface area is 157 Å². The van der Waals surface area contributed by atoms with Gasteiger partial charge >= 0.3 is 0 Å². The Morgan fingerprint density at radius 1 is 1.04 bits per heavy atom. The van der Waals surface area contributed by atoms with E-state index in [0.717, 1.165) is 22.7 Å². The normalized spacial score (nSPS) is 10.3. The highest BCUT2D eigenvalue weighted by Crippen LogP contribution is 2.24. The van der Waals surface area contributed by atoms with Crippen LogP contribution in [0.4, 0.5) is 17.1 Å². The number of amides is 1. The largest absolute Gasteiger partial charge is 0.497 e. The van der Waals surface area contributed by atoms with E-state index in [1.807, 2.05) is 25.1 Å². The van der Waals surface area contributed by atoms with E-state index in [4.69, 9.17) is 16.3 Å². The van der Waals surface area contributed by atoms with Crippen LogP contribution < -0.4 is 15.4 Å². The molecule has 3 rings (SSSR count). The molecule has 6 heteroatoms. The van der Waals surface area contributed by atoms with Gasteiger partial charge in [0.05, 0.1) is 7.11 Å². The highest BCUT2D eigenvalue weighted by molar-refractivity contribution is 6.30. The van der Waals surface area contributed by atoms with Crippen LogP contribution in [0.2, 0.25) is 5.02 Å². The molecule has 1 aromatic heterocycles. The maximum atomic E-state index is 12.4. The van der Waals surface area contributed by atoms with Crippen LogP contribution in [0, 0.1) is 6.92 Å². The summed E-state index contributed by atoms with van der Waals surface area (Å²) in [4.78, 5) is 16.6. The predicted molar refractivity (Wildman–Crippen MR) is 105 cm³/mol. The van der Waals surface area contributed by atoms with Crippen LogP contribution in [0.25, 0.3) is 0 Å². The van der Waals surface area contributed by atoms with Crippen molar-refractivity contribution in [1.82, 2.24) is 4.98 Å². The Morgan fingerprint density at radius 2 is 1.81 bits per heavy atom. The Balaban J connectivity index is 1.75. The standard InChI is InChI=1S/C20H18ClN3O2/c1-13-3-4-14(21)11-18(13)23-16-9-10-22-19(12-16)20(25)24-15-5-7-17(26-2)8-6-15/h3-12H,1-2H3,(H,22,23)(H,24,25). The Morgan fingerprint density at radius 3 is 2.54 bits per heavy atom. The van der Waals surface area contributed by atoms with Crippen molar-refractivity contribution in [2.45, 2.75) is 6.92 Å². The summed E-state index contributed by atoms with van der Waals surface area (Å²) in [6.45, 7) is 1.98. The third-order valence-corrected chi connectivity index (χ3v) is 4.05. The van der Waals surface area contributed by atoms with Crippen molar-refractivity contribution < 1.29 is 9.53 Å². The van der Waals surface area contributed by atoms with E-state index in [0.29, 0.717) is 16.4 Å². The lowest BCUT2D eigenvalue weighted by atomic mass is 10.2. The van der Waals surface area contributed by atoms with Gasteiger partial charge in [-0.25, -0.2) is 0 Å². The van der Waals surface area contributed by atoms with Gasteiger partial charge in [-0.05, 0) is 61.0 Å². The van der Waals surface area contributed by atoms with E-state index in [1.54, 1.807) is 49.7 Å². The van der Waals surface area contributed by atoms with Gasteiger partial charge in [0.25, 0.3) is 5.91 Å². The second-order valence-corrected chi connectivity index (χ2v) is 6.13. The molecule has 2 aromatic carbocycles. The summed E-state index contributed by atoms with van der Waals surface area (Å²) < 4.78 is 5.11. The van der Waals surface area contributed by atoms with E-state index >= 15 is 0 Å². The Hall–Kier alpha value is -3.05. The lowest BCUT2D eigenvalue weighted by Crippen LogP contribution is -2.13. The van der Waals surface area contributed by atoms with E-state index < -0.39 is 0 Å². The molecule has 3 aromatic rings. The van der Waals surface area contributed by atoms with Crippen LogP contribution in [-0.4, -0.2) is 18.0 Å². The number of hydrogen-bond acceptors (Lipinski definition) is 4. The number of hydrogen-bond donors (Lipinski definition) is 2. The fraction of sp³-hybridized carbons (Fsp3) is 0.100. The average Bonchev–Trinajstić information content (AvgIpc) is 2.65. The number of nitrogens with one attached hydrogen (secondary N) is 2. The zero-order valence-electron chi connectivity index (χ0n) is 14.4. The van der Waals surface area contributed by atoms with Crippen molar-refractivity contribution in [3.8, 4) is 5.75 Å². The van der Waals surface area contributed by atoms with Crippen molar-refractivity contribution in [2.75, 3.05) is 17.7 Å². The van der Waals surface area contributed by atoms with Gasteiger partial charge in [0.2, 0.25) is 0 Å². The molecule has 1 heterocycles. The molecule has 26 heavy (non-hydrogen) atoms. The number of aromatic nitrogens is 1. The highest BCUT2D eigenvalue weighted by atomic mass is 35.5. The molecule has 0 saturated carbocycles. The fourth-order valence-corrected chi connectivity index (χ4v) is 2.56. The molecular formula is C20H18ClN3O2. The first-order chi connectivity index (χ1) is 12.5. The molecule has 0 bridgehead atoms. The second-order valence-electron chi connectivity index (χ2n) is 5.70. The van der Waals surface area contributed by atoms with Crippen molar-refractivity contribution in [2.24, 2.45) is 0 Å². The van der Waals surface area contributed by atoms with Gasteiger partial charge in [-0.2, -0.15) is 0 Å². The maximum Gasteiger partial charge on any atom is 0.274 e. The molecule has 132 valence electrons. The number of benzene rings is 2. The molecule has 1 amide bonds. The number of aryl methyl sites for hydroxylation is 1. The smallest absolute Gasteiger partial charge is 0.274 e. The van der Waals surface area contributed by atoms with Crippen LogP contribution in [0.15, 0.2) is 60.8 Å². The molecule has 0 fully saturated rings. The quantitative estimate of drug-likeness (QED) is 0.662. The number of anilines is 3. The molecule has 2 N–H and O–H groups in total. The Kier molecular flexibility index (Phi) is 5.39. The van der Waals surface area contributed by atoms with E-state index in [9.17, 15) is 4.79 Å². The number of carbonyl (C=O) groups is 1. The van der Waals surface area contributed by atoms with Gasteiger partial charge in [0, 0.05) is 28.3 Å². The van der Waals surface area contributed by atoms with Crippen molar-refractivity contribution >= 4 is 34.6 Å². The van der Waals surface area contributed by atoms with Gasteiger partial charge in [0.1, 0.15) is 11.4 Å². The number of carbonyl (C=O) groups excluding carboxylic acids is 1. The molecule has 0 saturated heterocycles. The van der Waals surface area contributed by atoms with E-state index in [-0.39, 0.29) is 5.91 Å². The van der Waals surface area contributed by atoms with Gasteiger partial charge < -0.3 is 15.4 Å². The van der Waals surface area contributed by atoms with Gasteiger partial charge in [0.15, 0.2) is 0 Å². The molecule has 0 radical (unpaired) electrons. The maximum absolute atomic E-state index is 12.4. The first-order valence-electron chi connectivity index (χ1n) is 8.00. The summed E-state index contributed by atoms with van der Waals surface area (Å²) in [5, 5.41) is 6.72. The summed E-state index contributed by atoms with van der Waals surface area (Å²) in [7, 11) is 1.59. The minimum atomic E-state index is -0.290. The van der Waals surface area contributed by atoms with Crippen molar-refractivity contribution in [3.05, 3.63) is 77.1 Å². The number of ether oxygens (including phenoxy) is 1. The molecule has 0 atom stereocenters.